The van der Waals surface area contributed by atoms with Crippen LogP contribution in [0.25, 0.3) is 0 Å². The van der Waals surface area contributed by atoms with Gasteiger partial charge in [0, 0.05) is 22.5 Å². The molecule has 0 heterocycles. The molecule has 1 nitrogen and oxygen atoms in total. The average molecular weight is 309 g/mol. The minimum atomic E-state index is -0.236. The van der Waals surface area contributed by atoms with Crippen molar-refractivity contribution in [3.8, 4) is 0 Å². The van der Waals surface area contributed by atoms with Gasteiger partial charge < -0.3 is 5.32 Å². The van der Waals surface area contributed by atoms with E-state index in [1.54, 1.807) is 12.1 Å². The Morgan fingerprint density at radius 1 is 1.25 bits per heavy atom. The molecule has 16 heavy (non-hydrogen) atoms. The third-order valence-electron chi connectivity index (χ3n) is 2.32. The van der Waals surface area contributed by atoms with Crippen LogP contribution in [0.5, 0.6) is 0 Å². The summed E-state index contributed by atoms with van der Waals surface area (Å²) in [5.41, 5.74) is 0.671. The molecule has 0 aromatic heterocycles. The van der Waals surface area contributed by atoms with Crippen LogP contribution in [0.15, 0.2) is 18.2 Å². The second-order valence-electron chi connectivity index (χ2n) is 3.66. The molecule has 0 radical (unpaired) electrons. The van der Waals surface area contributed by atoms with Gasteiger partial charge in [0.05, 0.1) is 0 Å². The number of hydrogen-bond acceptors (Lipinski definition) is 1. The van der Waals surface area contributed by atoms with Gasteiger partial charge in [-0.15, -0.1) is 0 Å². The van der Waals surface area contributed by atoms with Gasteiger partial charge in [-0.25, -0.2) is 4.39 Å². The van der Waals surface area contributed by atoms with E-state index in [2.05, 4.69) is 21.2 Å². The summed E-state index contributed by atoms with van der Waals surface area (Å²) >= 11 is 9.06. The summed E-state index contributed by atoms with van der Waals surface area (Å²) in [7, 11) is 0. The van der Waals surface area contributed by atoms with Crippen molar-refractivity contribution in [2.45, 2.75) is 25.8 Å². The lowest BCUT2D eigenvalue weighted by atomic mass is 10.2. The molecule has 0 aliphatic heterocycles. The zero-order valence-electron chi connectivity index (χ0n) is 9.11. The lowest BCUT2D eigenvalue weighted by Crippen LogP contribution is -2.15. The van der Waals surface area contributed by atoms with Gasteiger partial charge in [-0.1, -0.05) is 40.0 Å². The van der Waals surface area contributed by atoms with Gasteiger partial charge in [0.1, 0.15) is 5.82 Å². The van der Waals surface area contributed by atoms with E-state index in [0.717, 1.165) is 18.3 Å². The fourth-order valence-corrected chi connectivity index (χ4v) is 1.96. The zero-order valence-corrected chi connectivity index (χ0v) is 11.5. The first-order valence-corrected chi connectivity index (χ1v) is 6.94. The van der Waals surface area contributed by atoms with Crippen molar-refractivity contribution < 1.29 is 4.39 Å². The monoisotopic (exact) mass is 307 g/mol. The summed E-state index contributed by atoms with van der Waals surface area (Å²) in [5, 5.41) is 4.72. The molecule has 0 fully saturated rings. The number of alkyl halides is 1. The first-order chi connectivity index (χ1) is 7.74. The molecule has 0 atom stereocenters. The number of rotatable bonds is 7. The highest BCUT2D eigenvalue weighted by Crippen LogP contribution is 2.14. The van der Waals surface area contributed by atoms with Crippen molar-refractivity contribution >= 4 is 27.5 Å². The van der Waals surface area contributed by atoms with E-state index in [-0.39, 0.29) is 5.82 Å². The van der Waals surface area contributed by atoms with Crippen LogP contribution >= 0.6 is 27.5 Å². The molecule has 0 unspecified atom stereocenters. The smallest absolute Gasteiger partial charge is 0.129 e. The highest BCUT2D eigenvalue weighted by Gasteiger charge is 2.01. The van der Waals surface area contributed by atoms with Crippen molar-refractivity contribution in [2.75, 3.05) is 11.9 Å². The fourth-order valence-electron chi connectivity index (χ4n) is 1.41. The maximum atomic E-state index is 13.3. The predicted octanol–water partition coefficient (Wildman–Crippen LogP) is 4.13. The Labute approximate surface area is 110 Å². The van der Waals surface area contributed by atoms with Crippen molar-refractivity contribution in [2.24, 2.45) is 0 Å². The molecule has 0 amide bonds. The molecular formula is C12H16BrClFN. The maximum absolute atomic E-state index is 13.3. The van der Waals surface area contributed by atoms with Gasteiger partial charge in [0.25, 0.3) is 0 Å². The van der Waals surface area contributed by atoms with Crippen molar-refractivity contribution in [3.63, 3.8) is 0 Å². The van der Waals surface area contributed by atoms with Crippen LogP contribution in [-0.2, 0) is 6.54 Å². The molecule has 4 heteroatoms. The van der Waals surface area contributed by atoms with Crippen molar-refractivity contribution in [1.82, 2.24) is 5.32 Å². The molecule has 0 bridgehead atoms. The van der Waals surface area contributed by atoms with E-state index in [1.165, 1.54) is 18.9 Å². The van der Waals surface area contributed by atoms with Crippen LogP contribution in [0.3, 0.4) is 0 Å². The second kappa shape index (κ2) is 8.04. The summed E-state index contributed by atoms with van der Waals surface area (Å²) < 4.78 is 13.3. The summed E-state index contributed by atoms with van der Waals surface area (Å²) in [4.78, 5) is 0. The lowest BCUT2D eigenvalue weighted by Gasteiger charge is -2.06. The first kappa shape index (κ1) is 13.9. The summed E-state index contributed by atoms with van der Waals surface area (Å²) in [6.45, 7) is 1.49. The summed E-state index contributed by atoms with van der Waals surface area (Å²) in [6, 6.07) is 4.79. The highest BCUT2D eigenvalue weighted by atomic mass is 79.9. The van der Waals surface area contributed by atoms with Gasteiger partial charge in [-0.2, -0.15) is 0 Å². The van der Waals surface area contributed by atoms with Crippen LogP contribution in [0.4, 0.5) is 4.39 Å². The number of hydrogen-bond donors (Lipinski definition) is 1. The molecule has 1 aromatic carbocycles. The highest BCUT2D eigenvalue weighted by molar-refractivity contribution is 9.09. The molecule has 0 aliphatic carbocycles. The van der Waals surface area contributed by atoms with E-state index < -0.39 is 0 Å². The number of nitrogens with one attached hydrogen (secondary N) is 1. The van der Waals surface area contributed by atoms with Crippen LogP contribution in [0.1, 0.15) is 24.8 Å². The number of benzene rings is 1. The molecule has 1 N–H and O–H groups in total. The van der Waals surface area contributed by atoms with E-state index in [1.807, 2.05) is 0 Å². The normalized spacial score (nSPS) is 10.7. The minimum absolute atomic E-state index is 0.236. The van der Waals surface area contributed by atoms with Crippen molar-refractivity contribution in [1.29, 1.82) is 0 Å². The minimum Gasteiger partial charge on any atom is -0.313 e. The Morgan fingerprint density at radius 2 is 2.06 bits per heavy atom. The van der Waals surface area contributed by atoms with Crippen LogP contribution in [0, 0.1) is 5.82 Å². The number of halogens is 3. The van der Waals surface area contributed by atoms with Crippen LogP contribution < -0.4 is 5.32 Å². The zero-order chi connectivity index (χ0) is 11.8. The predicted molar refractivity (Wildman–Crippen MR) is 70.8 cm³/mol. The molecule has 1 aromatic rings. The largest absolute Gasteiger partial charge is 0.313 e. The molecule has 0 saturated carbocycles. The van der Waals surface area contributed by atoms with E-state index in [9.17, 15) is 4.39 Å². The standard InChI is InChI=1S/C12H16BrClFN/c13-6-2-1-3-7-16-9-10-4-5-11(14)8-12(10)15/h4-5,8,16H,1-3,6-7,9H2. The molecular weight excluding hydrogens is 292 g/mol. The van der Waals surface area contributed by atoms with E-state index in [4.69, 9.17) is 11.6 Å². The number of unbranched alkanes of at least 4 members (excludes halogenated alkanes) is 2. The second-order valence-corrected chi connectivity index (χ2v) is 4.89. The fraction of sp³-hybridized carbons (Fsp3) is 0.500. The van der Waals surface area contributed by atoms with E-state index >= 15 is 0 Å². The van der Waals surface area contributed by atoms with Gasteiger partial charge in [0.2, 0.25) is 0 Å². The third-order valence-corrected chi connectivity index (χ3v) is 3.11. The Hall–Kier alpha value is -0.120. The summed E-state index contributed by atoms with van der Waals surface area (Å²) in [6.07, 6.45) is 3.51. The van der Waals surface area contributed by atoms with Gasteiger partial charge >= 0.3 is 0 Å². The Morgan fingerprint density at radius 3 is 2.75 bits per heavy atom. The molecule has 1 rings (SSSR count). The van der Waals surface area contributed by atoms with Crippen molar-refractivity contribution in [3.05, 3.63) is 34.6 Å². The lowest BCUT2D eigenvalue weighted by molar-refractivity contribution is 0.574. The summed E-state index contributed by atoms with van der Waals surface area (Å²) in [5.74, 6) is -0.236. The maximum Gasteiger partial charge on any atom is 0.129 e. The Kier molecular flexibility index (Phi) is 7.01. The molecule has 0 saturated heterocycles. The quantitative estimate of drug-likeness (QED) is 0.590. The SMILES string of the molecule is Fc1cc(Cl)ccc1CNCCCCCBr. The van der Waals surface area contributed by atoms with Gasteiger partial charge in [-0.05, 0) is 31.5 Å². The Balaban J connectivity index is 2.21. The van der Waals surface area contributed by atoms with Crippen LogP contribution in [-0.4, -0.2) is 11.9 Å². The van der Waals surface area contributed by atoms with E-state index in [0.29, 0.717) is 17.1 Å². The Bertz CT molecular complexity index is 320. The molecule has 0 aliphatic rings. The average Bonchev–Trinajstić information content (AvgIpc) is 2.26. The van der Waals surface area contributed by atoms with Gasteiger partial charge in [-0.3, -0.25) is 0 Å². The topological polar surface area (TPSA) is 12.0 Å². The van der Waals surface area contributed by atoms with Gasteiger partial charge in [0.15, 0.2) is 0 Å². The first-order valence-electron chi connectivity index (χ1n) is 5.44. The molecule has 0 spiro atoms. The third kappa shape index (κ3) is 5.28. The molecule has 90 valence electrons. The van der Waals surface area contributed by atoms with Crippen LogP contribution in [0.2, 0.25) is 5.02 Å².